The fourth-order valence-corrected chi connectivity index (χ4v) is 6.60. The van der Waals surface area contributed by atoms with Gasteiger partial charge >= 0.3 is 0 Å². The van der Waals surface area contributed by atoms with E-state index < -0.39 is 0 Å². The van der Waals surface area contributed by atoms with Gasteiger partial charge in [0.1, 0.15) is 12.1 Å². The van der Waals surface area contributed by atoms with Crippen molar-refractivity contribution in [3.05, 3.63) is 71.8 Å². The van der Waals surface area contributed by atoms with Crippen molar-refractivity contribution in [3.8, 4) is 0 Å². The van der Waals surface area contributed by atoms with Gasteiger partial charge < -0.3 is 19.6 Å². The molecule has 0 amide bonds. The summed E-state index contributed by atoms with van der Waals surface area (Å²) in [7, 11) is 0. The van der Waals surface area contributed by atoms with Crippen molar-refractivity contribution in [1.29, 1.82) is 0 Å². The molecule has 2 aromatic rings. The lowest BCUT2D eigenvalue weighted by molar-refractivity contribution is 0.375. The molecule has 2 aromatic carbocycles. The van der Waals surface area contributed by atoms with Crippen LogP contribution in [0.4, 0.5) is 0 Å². The molecule has 0 radical (unpaired) electrons. The van der Waals surface area contributed by atoms with Crippen molar-refractivity contribution >= 4 is 11.9 Å². The minimum absolute atomic E-state index is 0.0741. The Balaban J connectivity index is 1.48. The van der Waals surface area contributed by atoms with Crippen LogP contribution in [0.3, 0.4) is 0 Å². The van der Waals surface area contributed by atoms with Crippen LogP contribution in [0.1, 0.15) is 74.6 Å². The zero-order chi connectivity index (χ0) is 25.6. The summed E-state index contributed by atoms with van der Waals surface area (Å²) in [4.78, 5) is 21.6. The van der Waals surface area contributed by atoms with E-state index in [9.17, 15) is 0 Å². The summed E-state index contributed by atoms with van der Waals surface area (Å²) in [5.41, 5.74) is 2.51. The zero-order valence-corrected chi connectivity index (χ0v) is 22.9. The standard InChI is InChI=1S/C32H44N6/c1-3-15-27(16-4-1)29(33-31(35-19-7-8-20-35)36-21-9-10-22-36)30(28-17-5-2-6-18-28)34-32(37-23-11-12-24-37)38-25-13-14-26-38/h1-6,15-18,29-30H,7-14,19-26H2/t29-,30-/m1/s1. The van der Waals surface area contributed by atoms with E-state index in [0.29, 0.717) is 0 Å². The van der Waals surface area contributed by atoms with E-state index in [1.54, 1.807) is 0 Å². The smallest absolute Gasteiger partial charge is 0.197 e. The van der Waals surface area contributed by atoms with E-state index in [1.807, 2.05) is 0 Å². The number of hydrogen-bond donors (Lipinski definition) is 0. The molecule has 4 heterocycles. The molecule has 202 valence electrons. The molecule has 6 nitrogen and oxygen atoms in total. The number of likely N-dealkylation sites (tertiary alicyclic amines) is 4. The Morgan fingerprint density at radius 1 is 0.421 bits per heavy atom. The van der Waals surface area contributed by atoms with Crippen LogP contribution in [-0.4, -0.2) is 83.9 Å². The first-order valence-electron chi connectivity index (χ1n) is 15.1. The van der Waals surface area contributed by atoms with Gasteiger partial charge in [0.05, 0.1) is 0 Å². The molecule has 4 aliphatic rings. The summed E-state index contributed by atoms with van der Waals surface area (Å²) in [6, 6.07) is 21.8. The lowest BCUT2D eigenvalue weighted by atomic mass is 9.94. The van der Waals surface area contributed by atoms with Gasteiger partial charge in [0.2, 0.25) is 0 Å². The van der Waals surface area contributed by atoms with Gasteiger partial charge in [-0.1, -0.05) is 60.7 Å². The average molecular weight is 513 g/mol. The predicted molar refractivity (Wildman–Crippen MR) is 156 cm³/mol. The third-order valence-electron chi connectivity index (χ3n) is 8.65. The summed E-state index contributed by atoms with van der Waals surface area (Å²) in [6.45, 7) is 8.91. The first kappa shape index (κ1) is 25.3. The number of nitrogens with zero attached hydrogens (tertiary/aromatic N) is 6. The van der Waals surface area contributed by atoms with Crippen LogP contribution >= 0.6 is 0 Å². The molecule has 0 N–H and O–H groups in total. The summed E-state index contributed by atoms with van der Waals surface area (Å²) in [5.74, 6) is 2.41. The Bertz CT molecular complexity index is 936. The van der Waals surface area contributed by atoms with Gasteiger partial charge in [-0.05, 0) is 62.5 Å². The first-order valence-corrected chi connectivity index (χ1v) is 15.1. The molecule has 4 saturated heterocycles. The summed E-state index contributed by atoms with van der Waals surface area (Å²) < 4.78 is 0. The summed E-state index contributed by atoms with van der Waals surface area (Å²) in [5, 5.41) is 0. The number of aliphatic imine (C=N–C) groups is 2. The lowest BCUT2D eigenvalue weighted by Gasteiger charge is -2.33. The van der Waals surface area contributed by atoms with Crippen molar-refractivity contribution in [2.75, 3.05) is 52.4 Å². The second kappa shape index (κ2) is 12.2. The molecule has 0 spiro atoms. The van der Waals surface area contributed by atoms with Gasteiger partial charge in [-0.25, -0.2) is 9.98 Å². The van der Waals surface area contributed by atoms with E-state index in [-0.39, 0.29) is 12.1 Å². The van der Waals surface area contributed by atoms with Gasteiger partial charge in [-0.2, -0.15) is 0 Å². The monoisotopic (exact) mass is 512 g/mol. The molecular weight excluding hydrogens is 468 g/mol. The topological polar surface area (TPSA) is 37.7 Å². The number of guanidine groups is 2. The van der Waals surface area contributed by atoms with E-state index in [2.05, 4.69) is 80.3 Å². The van der Waals surface area contributed by atoms with Gasteiger partial charge in [0, 0.05) is 52.4 Å². The van der Waals surface area contributed by atoms with E-state index in [4.69, 9.17) is 9.98 Å². The molecular formula is C32H44N6. The van der Waals surface area contributed by atoms with Crippen LogP contribution in [0.15, 0.2) is 70.6 Å². The number of benzene rings is 2. The first-order chi connectivity index (χ1) is 18.9. The van der Waals surface area contributed by atoms with E-state index >= 15 is 0 Å². The van der Waals surface area contributed by atoms with Gasteiger partial charge in [-0.3, -0.25) is 0 Å². The second-order valence-electron chi connectivity index (χ2n) is 11.3. The summed E-state index contributed by atoms with van der Waals surface area (Å²) in [6.07, 6.45) is 10.1. The molecule has 0 aliphatic carbocycles. The highest BCUT2D eigenvalue weighted by Gasteiger charge is 2.32. The largest absolute Gasteiger partial charge is 0.343 e. The van der Waals surface area contributed by atoms with Crippen LogP contribution in [0.25, 0.3) is 0 Å². The van der Waals surface area contributed by atoms with Crippen molar-refractivity contribution in [2.24, 2.45) is 9.98 Å². The Hall–Kier alpha value is -3.02. The van der Waals surface area contributed by atoms with Gasteiger partial charge in [0.15, 0.2) is 11.9 Å². The lowest BCUT2D eigenvalue weighted by Crippen LogP contribution is -2.43. The molecule has 4 fully saturated rings. The normalized spacial score (nSPS) is 21.2. The predicted octanol–water partition coefficient (Wildman–Crippen LogP) is 5.56. The molecule has 0 bridgehead atoms. The Morgan fingerprint density at radius 2 is 0.684 bits per heavy atom. The highest BCUT2D eigenvalue weighted by atomic mass is 15.4. The zero-order valence-electron chi connectivity index (χ0n) is 22.9. The third-order valence-corrected chi connectivity index (χ3v) is 8.65. The molecule has 0 saturated carbocycles. The van der Waals surface area contributed by atoms with Crippen molar-refractivity contribution in [1.82, 2.24) is 19.6 Å². The maximum absolute atomic E-state index is 5.72. The second-order valence-corrected chi connectivity index (χ2v) is 11.3. The maximum atomic E-state index is 5.72. The number of hydrogen-bond acceptors (Lipinski definition) is 2. The molecule has 0 aromatic heterocycles. The molecule has 2 atom stereocenters. The molecule has 6 heteroatoms. The molecule has 0 unspecified atom stereocenters. The fraction of sp³-hybridized carbons (Fsp3) is 0.562. The average Bonchev–Trinajstić information content (AvgIpc) is 3.79. The minimum atomic E-state index is -0.0741. The van der Waals surface area contributed by atoms with Crippen molar-refractivity contribution < 1.29 is 0 Å². The van der Waals surface area contributed by atoms with Crippen molar-refractivity contribution in [2.45, 2.75) is 63.5 Å². The number of rotatable bonds is 5. The Labute approximate surface area is 229 Å². The van der Waals surface area contributed by atoms with Crippen LogP contribution < -0.4 is 0 Å². The van der Waals surface area contributed by atoms with Crippen LogP contribution in [0.5, 0.6) is 0 Å². The highest BCUT2D eigenvalue weighted by Crippen LogP contribution is 2.37. The van der Waals surface area contributed by atoms with Gasteiger partial charge in [0.25, 0.3) is 0 Å². The third kappa shape index (κ3) is 5.69. The highest BCUT2D eigenvalue weighted by molar-refractivity contribution is 5.82. The minimum Gasteiger partial charge on any atom is -0.343 e. The van der Waals surface area contributed by atoms with E-state index in [1.165, 1.54) is 74.4 Å². The van der Waals surface area contributed by atoms with Crippen LogP contribution in [0.2, 0.25) is 0 Å². The Kier molecular flexibility index (Phi) is 8.13. The summed E-state index contributed by atoms with van der Waals surface area (Å²) >= 11 is 0. The maximum Gasteiger partial charge on any atom is 0.197 e. The van der Waals surface area contributed by atoms with Crippen molar-refractivity contribution in [3.63, 3.8) is 0 Å². The van der Waals surface area contributed by atoms with Crippen LogP contribution in [0, 0.1) is 0 Å². The fourth-order valence-electron chi connectivity index (χ4n) is 6.60. The van der Waals surface area contributed by atoms with Crippen LogP contribution in [-0.2, 0) is 0 Å². The van der Waals surface area contributed by atoms with Gasteiger partial charge in [-0.15, -0.1) is 0 Å². The molecule has 4 aliphatic heterocycles. The Morgan fingerprint density at radius 3 is 0.947 bits per heavy atom. The SMILES string of the molecule is c1ccc([C@@H](N=C(N2CCCC2)N2CCCC2)[C@H](N=C(N2CCCC2)N2CCCC2)c2ccccc2)cc1. The quantitative estimate of drug-likeness (QED) is 0.388. The molecule has 38 heavy (non-hydrogen) atoms. The van der Waals surface area contributed by atoms with E-state index in [0.717, 1.165) is 52.4 Å². The molecule has 6 rings (SSSR count).